The van der Waals surface area contributed by atoms with Crippen molar-refractivity contribution < 1.29 is 23.8 Å². The van der Waals surface area contributed by atoms with Gasteiger partial charge in [0.15, 0.2) is 23.8 Å². The lowest BCUT2D eigenvalue weighted by Gasteiger charge is -2.33. The van der Waals surface area contributed by atoms with Crippen molar-refractivity contribution in [2.24, 2.45) is 0 Å². The summed E-state index contributed by atoms with van der Waals surface area (Å²) in [6.45, 7) is 2.33. The van der Waals surface area contributed by atoms with E-state index in [9.17, 15) is 9.59 Å². The van der Waals surface area contributed by atoms with E-state index in [1.54, 1.807) is 31.7 Å². The molecule has 2 aromatic rings. The normalized spacial score (nSPS) is 14.2. The zero-order chi connectivity index (χ0) is 21.5. The van der Waals surface area contributed by atoms with E-state index in [1.807, 2.05) is 17.9 Å². The maximum absolute atomic E-state index is 12.6. The smallest absolute Gasteiger partial charge is 0.358 e. The van der Waals surface area contributed by atoms with Crippen LogP contribution in [0.2, 0.25) is 0 Å². The Morgan fingerprint density at radius 3 is 2.53 bits per heavy atom. The van der Waals surface area contributed by atoms with E-state index in [0.717, 1.165) is 31.2 Å². The third-order valence-corrected chi connectivity index (χ3v) is 6.24. The quantitative estimate of drug-likeness (QED) is 0.583. The van der Waals surface area contributed by atoms with Crippen LogP contribution in [0.5, 0.6) is 11.5 Å². The first-order valence-electron chi connectivity index (χ1n) is 10.2. The minimum absolute atomic E-state index is 0.145. The van der Waals surface area contributed by atoms with Crippen LogP contribution in [-0.2, 0) is 9.53 Å². The predicted octanol–water partition coefficient (Wildman–Crippen LogP) is 4.17. The fourth-order valence-electron chi connectivity index (χ4n) is 3.78. The number of thiazole rings is 1. The molecule has 162 valence electrons. The summed E-state index contributed by atoms with van der Waals surface area (Å²) in [6.07, 6.45) is 5.56. The molecule has 1 aromatic carbocycles. The van der Waals surface area contributed by atoms with E-state index in [2.05, 4.69) is 4.98 Å². The van der Waals surface area contributed by atoms with E-state index in [0.29, 0.717) is 23.1 Å². The highest BCUT2D eigenvalue weighted by molar-refractivity contribution is 7.13. The zero-order valence-corrected chi connectivity index (χ0v) is 18.5. The Bertz CT molecular complexity index is 876. The molecule has 0 saturated heterocycles. The number of methoxy groups -OCH3 is 2. The Hall–Kier alpha value is -2.61. The minimum Gasteiger partial charge on any atom is -0.493 e. The van der Waals surface area contributed by atoms with Gasteiger partial charge < -0.3 is 19.1 Å². The summed E-state index contributed by atoms with van der Waals surface area (Å²) in [5, 5.41) is 2.30. The molecule has 0 spiro atoms. The number of esters is 1. The number of amides is 1. The maximum Gasteiger partial charge on any atom is 0.358 e. The van der Waals surface area contributed by atoms with Crippen LogP contribution in [0.4, 0.5) is 0 Å². The van der Waals surface area contributed by atoms with E-state index in [4.69, 9.17) is 14.2 Å². The fourth-order valence-corrected chi connectivity index (χ4v) is 4.57. The molecule has 1 amide bonds. The molecular formula is C22H28N2O5S. The summed E-state index contributed by atoms with van der Waals surface area (Å²) in [7, 11) is 3.14. The van der Waals surface area contributed by atoms with Gasteiger partial charge >= 0.3 is 5.97 Å². The molecule has 0 N–H and O–H groups in total. The standard InChI is InChI=1S/C22H28N2O5S/c1-4-24(16-8-6-5-7-9-16)20(25)13-29-22(26)17-14-30-21(23-17)15-10-11-18(27-2)19(12-15)28-3/h10-12,14,16H,4-9,13H2,1-3H3. The second-order valence-corrected chi connectivity index (χ2v) is 8.01. The summed E-state index contributed by atoms with van der Waals surface area (Å²) in [5.74, 6) is 0.468. The third kappa shape index (κ3) is 5.11. The number of carbonyl (C=O) groups is 2. The number of hydrogen-bond acceptors (Lipinski definition) is 7. The van der Waals surface area contributed by atoms with Crippen molar-refractivity contribution in [2.45, 2.75) is 45.1 Å². The lowest BCUT2D eigenvalue weighted by molar-refractivity contribution is -0.137. The van der Waals surface area contributed by atoms with E-state index >= 15 is 0 Å². The van der Waals surface area contributed by atoms with Crippen LogP contribution in [0.25, 0.3) is 10.6 Å². The molecule has 0 unspecified atom stereocenters. The van der Waals surface area contributed by atoms with Crippen LogP contribution in [0.3, 0.4) is 0 Å². The van der Waals surface area contributed by atoms with Crippen molar-refractivity contribution in [3.05, 3.63) is 29.3 Å². The third-order valence-electron chi connectivity index (χ3n) is 5.35. The molecule has 8 heteroatoms. The Balaban J connectivity index is 1.61. The number of hydrogen-bond donors (Lipinski definition) is 0. The summed E-state index contributed by atoms with van der Waals surface area (Å²) in [5.41, 5.74) is 1.00. The van der Waals surface area contributed by atoms with E-state index in [1.165, 1.54) is 17.8 Å². The van der Waals surface area contributed by atoms with Crippen LogP contribution in [0.1, 0.15) is 49.5 Å². The second-order valence-electron chi connectivity index (χ2n) is 7.16. The Labute approximate surface area is 181 Å². The Morgan fingerprint density at radius 1 is 1.13 bits per heavy atom. The number of aromatic nitrogens is 1. The zero-order valence-electron chi connectivity index (χ0n) is 17.7. The predicted molar refractivity (Wildman–Crippen MR) is 115 cm³/mol. The van der Waals surface area contributed by atoms with Gasteiger partial charge in [0.05, 0.1) is 14.2 Å². The summed E-state index contributed by atoms with van der Waals surface area (Å²) < 4.78 is 15.8. The molecule has 30 heavy (non-hydrogen) atoms. The molecule has 1 heterocycles. The van der Waals surface area contributed by atoms with Gasteiger partial charge in [-0.2, -0.15) is 0 Å². The molecule has 0 radical (unpaired) electrons. The molecule has 7 nitrogen and oxygen atoms in total. The first kappa shape index (κ1) is 22.1. The van der Waals surface area contributed by atoms with Crippen molar-refractivity contribution in [3.8, 4) is 22.1 Å². The summed E-state index contributed by atoms with van der Waals surface area (Å²) in [4.78, 5) is 31.2. The van der Waals surface area contributed by atoms with Crippen molar-refractivity contribution in [3.63, 3.8) is 0 Å². The highest BCUT2D eigenvalue weighted by Crippen LogP contribution is 2.33. The average Bonchev–Trinajstić information content (AvgIpc) is 3.28. The average molecular weight is 433 g/mol. The van der Waals surface area contributed by atoms with Gasteiger partial charge in [-0.3, -0.25) is 4.79 Å². The number of ether oxygens (including phenoxy) is 3. The molecule has 3 rings (SSSR count). The highest BCUT2D eigenvalue weighted by atomic mass is 32.1. The highest BCUT2D eigenvalue weighted by Gasteiger charge is 2.25. The molecular weight excluding hydrogens is 404 g/mol. The van der Waals surface area contributed by atoms with Gasteiger partial charge in [-0.1, -0.05) is 19.3 Å². The van der Waals surface area contributed by atoms with Crippen molar-refractivity contribution in [1.29, 1.82) is 0 Å². The fraction of sp³-hybridized carbons (Fsp3) is 0.500. The minimum atomic E-state index is -0.592. The van der Waals surface area contributed by atoms with Crippen molar-refractivity contribution in [1.82, 2.24) is 9.88 Å². The van der Waals surface area contributed by atoms with Crippen LogP contribution in [0, 0.1) is 0 Å². The molecule has 0 atom stereocenters. The number of rotatable bonds is 8. The molecule has 0 bridgehead atoms. The van der Waals surface area contributed by atoms with Crippen LogP contribution in [0.15, 0.2) is 23.6 Å². The van der Waals surface area contributed by atoms with Crippen LogP contribution < -0.4 is 9.47 Å². The molecule has 1 saturated carbocycles. The van der Waals surface area contributed by atoms with Gasteiger partial charge in [-0.15, -0.1) is 11.3 Å². The Morgan fingerprint density at radius 2 is 1.87 bits per heavy atom. The molecule has 1 aromatic heterocycles. The van der Waals surface area contributed by atoms with Gasteiger partial charge in [0, 0.05) is 23.5 Å². The summed E-state index contributed by atoms with van der Waals surface area (Å²) >= 11 is 1.33. The molecule has 1 fully saturated rings. The van der Waals surface area contributed by atoms with Crippen molar-refractivity contribution >= 4 is 23.2 Å². The first-order chi connectivity index (χ1) is 14.6. The molecule has 0 aliphatic heterocycles. The lowest BCUT2D eigenvalue weighted by Crippen LogP contribution is -2.43. The van der Waals surface area contributed by atoms with Crippen LogP contribution >= 0.6 is 11.3 Å². The van der Waals surface area contributed by atoms with Gasteiger partial charge in [0.2, 0.25) is 0 Å². The Kier molecular flexibility index (Phi) is 7.68. The number of carbonyl (C=O) groups excluding carboxylic acids is 2. The van der Waals surface area contributed by atoms with Crippen LogP contribution in [-0.4, -0.2) is 55.2 Å². The number of nitrogens with zero attached hydrogens (tertiary/aromatic N) is 2. The number of benzene rings is 1. The molecule has 1 aliphatic rings. The SMILES string of the molecule is CCN(C(=O)COC(=O)c1csc(-c2ccc(OC)c(OC)c2)n1)C1CCCCC1. The van der Waals surface area contributed by atoms with Crippen molar-refractivity contribution in [2.75, 3.05) is 27.4 Å². The topological polar surface area (TPSA) is 78.0 Å². The molecule has 1 aliphatic carbocycles. The lowest BCUT2D eigenvalue weighted by atomic mass is 9.94. The van der Waals surface area contributed by atoms with Gasteiger partial charge in [-0.05, 0) is 38.0 Å². The first-order valence-corrected chi connectivity index (χ1v) is 11.1. The van der Waals surface area contributed by atoms with E-state index < -0.39 is 5.97 Å². The summed E-state index contributed by atoms with van der Waals surface area (Å²) in [6, 6.07) is 5.70. The number of likely N-dealkylation sites (N-methyl/N-ethyl adjacent to an activating group) is 1. The largest absolute Gasteiger partial charge is 0.493 e. The van der Waals surface area contributed by atoms with E-state index in [-0.39, 0.29) is 24.2 Å². The van der Waals surface area contributed by atoms with Gasteiger partial charge in [0.1, 0.15) is 5.01 Å². The second kappa shape index (κ2) is 10.4. The van der Waals surface area contributed by atoms with Gasteiger partial charge in [-0.25, -0.2) is 9.78 Å². The monoisotopic (exact) mass is 432 g/mol. The maximum atomic E-state index is 12.6. The van der Waals surface area contributed by atoms with Gasteiger partial charge in [0.25, 0.3) is 5.91 Å².